The first-order valence-corrected chi connectivity index (χ1v) is 11.6. The second-order valence-corrected chi connectivity index (χ2v) is 10.2. The summed E-state index contributed by atoms with van der Waals surface area (Å²) in [6.45, 7) is 3.45. The lowest BCUT2D eigenvalue weighted by Crippen LogP contribution is -2.48. The molecule has 1 fully saturated rings. The molecule has 8 heteroatoms. The zero-order valence-electron chi connectivity index (χ0n) is 15.4. The molecule has 1 saturated heterocycles. The van der Waals surface area contributed by atoms with Crippen molar-refractivity contribution in [2.24, 2.45) is 0 Å². The highest BCUT2D eigenvalue weighted by Gasteiger charge is 2.36. The number of nitrogens with zero attached hydrogens (tertiary/aromatic N) is 1. The number of carbonyl (C=O) groups is 2. The Kier molecular flexibility index (Phi) is 5.86. The number of benzene rings is 1. The van der Waals surface area contributed by atoms with Gasteiger partial charge in [-0.3, -0.25) is 4.79 Å². The van der Waals surface area contributed by atoms with Gasteiger partial charge in [0.15, 0.2) is 16.4 Å². The summed E-state index contributed by atoms with van der Waals surface area (Å²) in [5.74, 6) is -0.805. The zero-order chi connectivity index (χ0) is 19.6. The minimum absolute atomic E-state index is 0.0205. The van der Waals surface area contributed by atoms with E-state index in [4.69, 9.17) is 4.74 Å². The van der Waals surface area contributed by atoms with Gasteiger partial charge in [0, 0.05) is 16.8 Å². The van der Waals surface area contributed by atoms with Gasteiger partial charge in [-0.2, -0.15) is 0 Å². The third-order valence-electron chi connectivity index (χ3n) is 4.91. The third kappa shape index (κ3) is 4.50. The molecule has 2 heterocycles. The Balaban J connectivity index is 1.67. The van der Waals surface area contributed by atoms with Crippen molar-refractivity contribution in [2.45, 2.75) is 38.8 Å². The Morgan fingerprint density at radius 3 is 2.70 bits per heavy atom. The summed E-state index contributed by atoms with van der Waals surface area (Å²) in [6, 6.07) is 8.93. The van der Waals surface area contributed by atoms with Gasteiger partial charge in [0.1, 0.15) is 4.88 Å². The fourth-order valence-electron chi connectivity index (χ4n) is 3.36. The van der Waals surface area contributed by atoms with Crippen molar-refractivity contribution < 1.29 is 22.7 Å². The predicted octanol–water partition coefficient (Wildman–Crippen LogP) is 2.87. The van der Waals surface area contributed by atoms with E-state index < -0.39 is 15.8 Å². The van der Waals surface area contributed by atoms with E-state index >= 15 is 0 Å². The van der Waals surface area contributed by atoms with Crippen LogP contribution in [0.3, 0.4) is 0 Å². The summed E-state index contributed by atoms with van der Waals surface area (Å²) >= 11 is 1.32. The molecule has 2 atom stereocenters. The summed E-state index contributed by atoms with van der Waals surface area (Å²) in [4.78, 5) is 27.1. The van der Waals surface area contributed by atoms with Crippen molar-refractivity contribution in [1.82, 2.24) is 4.90 Å². The number of carbonyl (C=O) groups excluding carboxylic acids is 2. The summed E-state index contributed by atoms with van der Waals surface area (Å²) in [6.07, 6.45) is 1.13. The van der Waals surface area contributed by atoms with Crippen LogP contribution in [0.1, 0.15) is 36.4 Å². The molecule has 1 aromatic heterocycles. The molecule has 1 aromatic carbocycles. The van der Waals surface area contributed by atoms with Crippen LogP contribution in [0.5, 0.6) is 0 Å². The lowest BCUT2D eigenvalue weighted by Gasteiger charge is -2.33. The number of amides is 1. The minimum atomic E-state index is -3.10. The summed E-state index contributed by atoms with van der Waals surface area (Å²) < 4.78 is 29.8. The number of sulfone groups is 1. The van der Waals surface area contributed by atoms with Gasteiger partial charge in [-0.1, -0.05) is 25.1 Å². The highest BCUT2D eigenvalue weighted by Crippen LogP contribution is 2.26. The molecule has 1 amide bonds. The molecule has 0 unspecified atom stereocenters. The molecule has 0 saturated carbocycles. The third-order valence-corrected chi connectivity index (χ3v) is 7.76. The normalized spacial score (nSPS) is 19.7. The Hall–Kier alpha value is -1.93. The van der Waals surface area contributed by atoms with E-state index in [1.807, 2.05) is 38.1 Å². The maximum Gasteiger partial charge on any atom is 0.348 e. The summed E-state index contributed by atoms with van der Waals surface area (Å²) in [5, 5.41) is 0.957. The molecule has 0 aliphatic carbocycles. The Morgan fingerprint density at radius 1 is 1.33 bits per heavy atom. The average Bonchev–Trinajstić information content (AvgIpc) is 3.22. The molecular weight excluding hydrogens is 386 g/mol. The SMILES string of the molecule is CC[C@H](C)N(C(=O)COC(=O)c1cc2ccccc2s1)[C@@H]1CCS(=O)(=O)C1. The molecule has 3 rings (SSSR count). The van der Waals surface area contributed by atoms with Gasteiger partial charge in [0.25, 0.3) is 5.91 Å². The minimum Gasteiger partial charge on any atom is -0.451 e. The molecule has 1 aliphatic heterocycles. The first kappa shape index (κ1) is 19.8. The van der Waals surface area contributed by atoms with E-state index in [2.05, 4.69) is 0 Å². The molecule has 0 spiro atoms. The van der Waals surface area contributed by atoms with Gasteiger partial charge in [0.05, 0.1) is 11.5 Å². The number of hydrogen-bond acceptors (Lipinski definition) is 6. The molecule has 146 valence electrons. The van der Waals surface area contributed by atoms with Crippen molar-refractivity contribution in [1.29, 1.82) is 0 Å². The van der Waals surface area contributed by atoms with Crippen molar-refractivity contribution in [3.05, 3.63) is 35.2 Å². The van der Waals surface area contributed by atoms with Crippen molar-refractivity contribution in [2.75, 3.05) is 18.1 Å². The van der Waals surface area contributed by atoms with Gasteiger partial charge in [-0.25, -0.2) is 13.2 Å². The number of thiophene rings is 1. The van der Waals surface area contributed by atoms with Crippen LogP contribution in [-0.2, 0) is 19.4 Å². The van der Waals surface area contributed by atoms with Crippen molar-refractivity contribution >= 4 is 43.1 Å². The van der Waals surface area contributed by atoms with Gasteiger partial charge in [0.2, 0.25) is 0 Å². The molecule has 0 radical (unpaired) electrons. The number of ether oxygens (including phenoxy) is 1. The van der Waals surface area contributed by atoms with Gasteiger partial charge in [-0.05, 0) is 37.3 Å². The topological polar surface area (TPSA) is 80.8 Å². The fraction of sp³-hybridized carbons (Fsp3) is 0.474. The maximum atomic E-state index is 12.7. The van der Waals surface area contributed by atoms with Gasteiger partial charge in [-0.15, -0.1) is 11.3 Å². The van der Waals surface area contributed by atoms with Crippen LogP contribution in [0, 0.1) is 0 Å². The zero-order valence-corrected chi connectivity index (χ0v) is 17.0. The molecule has 27 heavy (non-hydrogen) atoms. The van der Waals surface area contributed by atoms with Crippen LogP contribution in [-0.4, -0.2) is 55.4 Å². The molecule has 2 aromatic rings. The fourth-order valence-corrected chi connectivity index (χ4v) is 6.02. The highest BCUT2D eigenvalue weighted by molar-refractivity contribution is 7.91. The maximum absolute atomic E-state index is 12.7. The molecule has 0 bridgehead atoms. The second kappa shape index (κ2) is 7.98. The summed E-state index contributed by atoms with van der Waals surface area (Å²) in [5.41, 5.74) is 0. The lowest BCUT2D eigenvalue weighted by molar-refractivity contribution is -0.138. The van der Waals surface area contributed by atoms with Gasteiger partial charge < -0.3 is 9.64 Å². The average molecular weight is 410 g/mol. The molecule has 6 nitrogen and oxygen atoms in total. The smallest absolute Gasteiger partial charge is 0.348 e. The van der Waals surface area contributed by atoms with E-state index in [9.17, 15) is 18.0 Å². The Morgan fingerprint density at radius 2 is 2.07 bits per heavy atom. The highest BCUT2D eigenvalue weighted by atomic mass is 32.2. The van der Waals surface area contributed by atoms with Crippen LogP contribution >= 0.6 is 11.3 Å². The second-order valence-electron chi connectivity index (χ2n) is 6.84. The standard InChI is InChI=1S/C19H23NO5S2/c1-3-13(2)20(15-8-9-27(23,24)12-15)18(21)11-25-19(22)17-10-14-6-4-5-7-16(14)26-17/h4-7,10,13,15H,3,8-9,11-12H2,1-2H3/t13-,15+/m0/s1. The van der Waals surface area contributed by atoms with Crippen molar-refractivity contribution in [3.63, 3.8) is 0 Å². The Bertz CT molecular complexity index is 917. The largest absolute Gasteiger partial charge is 0.451 e. The van der Waals surface area contributed by atoms with E-state index in [0.29, 0.717) is 17.7 Å². The quantitative estimate of drug-likeness (QED) is 0.686. The first-order chi connectivity index (χ1) is 12.8. The number of rotatable bonds is 6. The number of esters is 1. The molecular formula is C19H23NO5S2. The van der Waals surface area contributed by atoms with E-state index in [0.717, 1.165) is 10.1 Å². The van der Waals surface area contributed by atoms with Crippen LogP contribution in [0.4, 0.5) is 0 Å². The summed E-state index contributed by atoms with van der Waals surface area (Å²) in [7, 11) is -3.10. The first-order valence-electron chi connectivity index (χ1n) is 8.98. The van der Waals surface area contributed by atoms with Crippen LogP contribution in [0.2, 0.25) is 0 Å². The molecule has 0 N–H and O–H groups in total. The molecule has 1 aliphatic rings. The van der Waals surface area contributed by atoms with Gasteiger partial charge >= 0.3 is 5.97 Å². The van der Waals surface area contributed by atoms with Crippen molar-refractivity contribution in [3.8, 4) is 0 Å². The lowest BCUT2D eigenvalue weighted by atomic mass is 10.1. The van der Waals surface area contributed by atoms with E-state index in [1.165, 1.54) is 11.3 Å². The van der Waals surface area contributed by atoms with Crippen LogP contribution in [0.15, 0.2) is 30.3 Å². The monoisotopic (exact) mass is 409 g/mol. The number of fused-ring (bicyclic) bond motifs is 1. The van der Waals surface area contributed by atoms with Crippen LogP contribution in [0.25, 0.3) is 10.1 Å². The predicted molar refractivity (Wildman–Crippen MR) is 106 cm³/mol. The van der Waals surface area contributed by atoms with E-state index in [-0.39, 0.29) is 36.1 Å². The van der Waals surface area contributed by atoms with Crippen LogP contribution < -0.4 is 0 Å². The number of hydrogen-bond donors (Lipinski definition) is 0. The van der Waals surface area contributed by atoms with E-state index in [1.54, 1.807) is 11.0 Å². The Labute approximate surface area is 163 Å².